The number of benzene rings is 1. The zero-order valence-electron chi connectivity index (χ0n) is 14.5. The highest BCUT2D eigenvalue weighted by atomic mass is 127. The van der Waals surface area contributed by atoms with E-state index in [-0.39, 0.29) is 18.4 Å². The van der Waals surface area contributed by atoms with Crippen molar-refractivity contribution < 1.29 is 14.3 Å². The van der Waals surface area contributed by atoms with Crippen molar-refractivity contribution in [3.8, 4) is 5.75 Å². The van der Waals surface area contributed by atoms with Crippen molar-refractivity contribution in [3.05, 3.63) is 27.8 Å². The van der Waals surface area contributed by atoms with Crippen LogP contribution in [0.3, 0.4) is 0 Å². The van der Waals surface area contributed by atoms with Gasteiger partial charge in [0.15, 0.2) is 6.61 Å². The number of ether oxygens (including phenoxy) is 1. The molecular weight excluding hydrogens is 431 g/mol. The Morgan fingerprint density at radius 1 is 0.960 bits per heavy atom. The van der Waals surface area contributed by atoms with Crippen LogP contribution in [0.4, 0.5) is 0 Å². The van der Waals surface area contributed by atoms with E-state index in [1.807, 2.05) is 29.2 Å². The fourth-order valence-corrected chi connectivity index (χ4v) is 3.92. The van der Waals surface area contributed by atoms with Crippen molar-refractivity contribution in [2.24, 2.45) is 5.92 Å². The van der Waals surface area contributed by atoms with Crippen LogP contribution in [0.1, 0.15) is 32.1 Å². The lowest BCUT2D eigenvalue weighted by molar-refractivity contribution is -0.141. The van der Waals surface area contributed by atoms with Gasteiger partial charge >= 0.3 is 0 Å². The molecule has 1 heterocycles. The van der Waals surface area contributed by atoms with Gasteiger partial charge in [0, 0.05) is 36.2 Å². The van der Waals surface area contributed by atoms with Crippen LogP contribution in [0, 0.1) is 9.49 Å². The van der Waals surface area contributed by atoms with Gasteiger partial charge in [0.05, 0.1) is 0 Å². The highest BCUT2D eigenvalue weighted by molar-refractivity contribution is 14.1. The highest BCUT2D eigenvalue weighted by Gasteiger charge is 2.26. The maximum absolute atomic E-state index is 12.4. The molecule has 1 saturated heterocycles. The van der Waals surface area contributed by atoms with Gasteiger partial charge in [0.1, 0.15) is 5.75 Å². The first kappa shape index (κ1) is 18.5. The van der Waals surface area contributed by atoms with E-state index < -0.39 is 0 Å². The number of carbonyl (C=O) groups is 2. The minimum atomic E-state index is -0.0126. The van der Waals surface area contributed by atoms with Crippen LogP contribution in [0.5, 0.6) is 5.75 Å². The minimum Gasteiger partial charge on any atom is -0.484 e. The molecule has 136 valence electrons. The summed E-state index contributed by atoms with van der Waals surface area (Å²) in [4.78, 5) is 28.4. The van der Waals surface area contributed by atoms with Crippen molar-refractivity contribution in [1.82, 2.24) is 9.80 Å². The quantitative estimate of drug-likeness (QED) is 0.641. The van der Waals surface area contributed by atoms with Crippen LogP contribution >= 0.6 is 22.6 Å². The summed E-state index contributed by atoms with van der Waals surface area (Å²) in [5, 5.41) is 0. The molecule has 0 atom stereocenters. The zero-order valence-corrected chi connectivity index (χ0v) is 16.6. The lowest BCUT2D eigenvalue weighted by Gasteiger charge is -2.35. The number of amides is 2. The van der Waals surface area contributed by atoms with Gasteiger partial charge in [-0.3, -0.25) is 9.59 Å². The third-order valence-corrected chi connectivity index (χ3v) is 5.82. The number of nitrogens with zero attached hydrogens (tertiary/aromatic N) is 2. The predicted octanol–water partition coefficient (Wildman–Crippen LogP) is 2.92. The van der Waals surface area contributed by atoms with E-state index in [0.29, 0.717) is 44.3 Å². The number of halogens is 1. The van der Waals surface area contributed by atoms with E-state index in [2.05, 4.69) is 22.6 Å². The Balaban J connectivity index is 1.39. The molecular formula is C19H25IN2O3. The zero-order chi connectivity index (χ0) is 17.6. The van der Waals surface area contributed by atoms with Crippen LogP contribution in [-0.2, 0) is 9.59 Å². The third-order valence-electron chi connectivity index (χ3n) is 5.10. The molecule has 2 aliphatic rings. The van der Waals surface area contributed by atoms with Crippen molar-refractivity contribution in [2.75, 3.05) is 32.8 Å². The Labute approximate surface area is 162 Å². The average molecular weight is 456 g/mol. The van der Waals surface area contributed by atoms with Crippen LogP contribution in [0.25, 0.3) is 0 Å². The summed E-state index contributed by atoms with van der Waals surface area (Å²) in [6, 6.07) is 7.65. The van der Waals surface area contributed by atoms with Crippen molar-refractivity contribution >= 4 is 34.4 Å². The van der Waals surface area contributed by atoms with Crippen LogP contribution < -0.4 is 4.74 Å². The lowest BCUT2D eigenvalue weighted by Crippen LogP contribution is -2.51. The molecule has 25 heavy (non-hydrogen) atoms. The van der Waals surface area contributed by atoms with Gasteiger partial charge in [-0.2, -0.15) is 0 Å². The molecule has 1 saturated carbocycles. The number of rotatable bonds is 5. The molecule has 2 amide bonds. The molecule has 0 spiro atoms. The Morgan fingerprint density at radius 3 is 2.12 bits per heavy atom. The van der Waals surface area contributed by atoms with Crippen molar-refractivity contribution in [3.63, 3.8) is 0 Å². The number of carbonyl (C=O) groups excluding carboxylic acids is 2. The standard InChI is InChI=1S/C19H25IN2O3/c20-16-5-7-17(8-6-16)25-14-19(24)22-11-9-21(10-12-22)18(23)13-15-3-1-2-4-15/h5-8,15H,1-4,9-14H2. The first-order valence-electron chi connectivity index (χ1n) is 9.06. The van der Waals surface area contributed by atoms with Crippen molar-refractivity contribution in [1.29, 1.82) is 0 Å². The predicted molar refractivity (Wildman–Crippen MR) is 104 cm³/mol. The molecule has 0 aromatic heterocycles. The molecule has 2 fully saturated rings. The smallest absolute Gasteiger partial charge is 0.260 e. The fraction of sp³-hybridized carbons (Fsp3) is 0.579. The Hall–Kier alpha value is -1.31. The molecule has 1 aromatic carbocycles. The van der Waals surface area contributed by atoms with Gasteiger partial charge in [0.25, 0.3) is 5.91 Å². The molecule has 0 radical (unpaired) electrons. The van der Waals surface area contributed by atoms with Gasteiger partial charge in [-0.05, 0) is 65.6 Å². The minimum absolute atomic E-state index is 0.0126. The number of hydrogen-bond donors (Lipinski definition) is 0. The fourth-order valence-electron chi connectivity index (χ4n) is 3.56. The Kier molecular flexibility index (Phi) is 6.56. The molecule has 1 aliphatic heterocycles. The van der Waals surface area contributed by atoms with E-state index in [1.54, 1.807) is 4.90 Å². The second-order valence-electron chi connectivity index (χ2n) is 6.86. The Morgan fingerprint density at radius 2 is 1.52 bits per heavy atom. The summed E-state index contributed by atoms with van der Waals surface area (Å²) < 4.78 is 6.70. The van der Waals surface area contributed by atoms with Gasteiger partial charge in [-0.15, -0.1) is 0 Å². The van der Waals surface area contributed by atoms with E-state index in [9.17, 15) is 9.59 Å². The first-order valence-corrected chi connectivity index (χ1v) is 10.1. The van der Waals surface area contributed by atoms with Crippen LogP contribution in [0.15, 0.2) is 24.3 Å². The molecule has 5 nitrogen and oxygen atoms in total. The van der Waals surface area contributed by atoms with Gasteiger partial charge < -0.3 is 14.5 Å². The maximum atomic E-state index is 12.4. The number of hydrogen-bond acceptors (Lipinski definition) is 3. The highest BCUT2D eigenvalue weighted by Crippen LogP contribution is 2.28. The SMILES string of the molecule is O=C(COc1ccc(I)cc1)N1CCN(C(=O)CC2CCCC2)CC1. The summed E-state index contributed by atoms with van der Waals surface area (Å²) in [6.07, 6.45) is 5.60. The molecule has 0 N–H and O–H groups in total. The van der Waals surface area contributed by atoms with Crippen molar-refractivity contribution in [2.45, 2.75) is 32.1 Å². The topological polar surface area (TPSA) is 49.9 Å². The monoisotopic (exact) mass is 456 g/mol. The van der Waals surface area contributed by atoms with Gasteiger partial charge in [-0.25, -0.2) is 0 Å². The van der Waals surface area contributed by atoms with E-state index in [1.165, 1.54) is 25.7 Å². The normalized spacial score (nSPS) is 18.4. The van der Waals surface area contributed by atoms with Crippen LogP contribution in [-0.4, -0.2) is 54.4 Å². The second kappa shape index (κ2) is 8.87. The summed E-state index contributed by atoms with van der Waals surface area (Å²) in [6.45, 7) is 2.54. The molecule has 0 bridgehead atoms. The van der Waals surface area contributed by atoms with Gasteiger partial charge in [-0.1, -0.05) is 12.8 Å². The van der Waals surface area contributed by atoms with Gasteiger partial charge in [0.2, 0.25) is 5.91 Å². The lowest BCUT2D eigenvalue weighted by atomic mass is 10.0. The second-order valence-corrected chi connectivity index (χ2v) is 8.10. The van der Waals surface area contributed by atoms with E-state index >= 15 is 0 Å². The summed E-state index contributed by atoms with van der Waals surface area (Å²) >= 11 is 2.23. The largest absolute Gasteiger partial charge is 0.484 e. The molecule has 1 aliphatic carbocycles. The first-order chi connectivity index (χ1) is 12.1. The summed E-state index contributed by atoms with van der Waals surface area (Å²) in [5.74, 6) is 1.53. The molecule has 3 rings (SSSR count). The van der Waals surface area contributed by atoms with E-state index in [4.69, 9.17) is 4.74 Å². The maximum Gasteiger partial charge on any atom is 0.260 e. The third kappa shape index (κ3) is 5.33. The molecule has 1 aromatic rings. The average Bonchev–Trinajstić information content (AvgIpc) is 3.14. The summed E-state index contributed by atoms with van der Waals surface area (Å²) in [7, 11) is 0. The van der Waals surface area contributed by atoms with Crippen LogP contribution in [0.2, 0.25) is 0 Å². The number of piperazine rings is 1. The summed E-state index contributed by atoms with van der Waals surface area (Å²) in [5.41, 5.74) is 0. The molecule has 0 unspecified atom stereocenters. The molecule has 6 heteroatoms. The van der Waals surface area contributed by atoms with E-state index in [0.717, 1.165) is 3.57 Å². The Bertz CT molecular complexity index is 591.